The third kappa shape index (κ3) is 6.57. The minimum Gasteiger partial charge on any atom is -0.495 e. The van der Waals surface area contributed by atoms with Gasteiger partial charge in [0.25, 0.3) is 15.9 Å². The molecular formula is C25H28N2O5S. The molecule has 3 aromatic rings. The molecule has 0 saturated carbocycles. The van der Waals surface area contributed by atoms with Gasteiger partial charge in [0.2, 0.25) is 0 Å². The predicted octanol–water partition coefficient (Wildman–Crippen LogP) is 4.35. The van der Waals surface area contributed by atoms with Crippen LogP contribution in [0.3, 0.4) is 0 Å². The lowest BCUT2D eigenvalue weighted by molar-refractivity contribution is 0.0651. The van der Waals surface area contributed by atoms with E-state index in [-0.39, 0.29) is 16.9 Å². The quantitative estimate of drug-likeness (QED) is 0.461. The molecule has 3 rings (SSSR count). The fourth-order valence-corrected chi connectivity index (χ4v) is 4.19. The van der Waals surface area contributed by atoms with Gasteiger partial charge in [-0.25, -0.2) is 8.42 Å². The predicted molar refractivity (Wildman–Crippen MR) is 128 cm³/mol. The Bertz CT molecular complexity index is 1190. The van der Waals surface area contributed by atoms with E-state index in [1.54, 1.807) is 24.3 Å². The Balaban J connectivity index is 1.66. The van der Waals surface area contributed by atoms with Gasteiger partial charge in [0.15, 0.2) is 0 Å². The number of rotatable bonds is 10. The van der Waals surface area contributed by atoms with Crippen LogP contribution in [0, 0.1) is 0 Å². The monoisotopic (exact) mass is 468 g/mol. The first-order chi connectivity index (χ1) is 15.8. The van der Waals surface area contributed by atoms with Gasteiger partial charge in [-0.15, -0.1) is 0 Å². The Hall–Kier alpha value is -3.36. The van der Waals surface area contributed by atoms with E-state index in [4.69, 9.17) is 9.47 Å². The molecule has 1 amide bonds. The molecular weight excluding hydrogens is 440 g/mol. The van der Waals surface area contributed by atoms with Crippen molar-refractivity contribution in [3.8, 4) is 5.75 Å². The van der Waals surface area contributed by atoms with Crippen LogP contribution in [0.4, 0.5) is 5.69 Å². The molecule has 0 fully saturated rings. The number of para-hydroxylation sites is 2. The van der Waals surface area contributed by atoms with E-state index in [2.05, 4.69) is 10.0 Å². The fraction of sp³-hybridized carbons (Fsp3) is 0.240. The average molecular weight is 469 g/mol. The van der Waals surface area contributed by atoms with Gasteiger partial charge in [-0.2, -0.15) is 0 Å². The van der Waals surface area contributed by atoms with Crippen molar-refractivity contribution >= 4 is 21.6 Å². The molecule has 8 heteroatoms. The zero-order chi connectivity index (χ0) is 23.8. The van der Waals surface area contributed by atoms with Crippen LogP contribution in [0.1, 0.15) is 35.3 Å². The maximum Gasteiger partial charge on any atom is 0.262 e. The Morgan fingerprint density at radius 3 is 2.21 bits per heavy atom. The van der Waals surface area contributed by atoms with Gasteiger partial charge >= 0.3 is 0 Å². The van der Waals surface area contributed by atoms with Gasteiger partial charge in [-0.3, -0.25) is 9.52 Å². The summed E-state index contributed by atoms with van der Waals surface area (Å²) in [5.74, 6) is 0.118. The van der Waals surface area contributed by atoms with Crippen LogP contribution in [-0.2, 0) is 27.9 Å². The number of anilines is 1. The number of nitrogens with one attached hydrogen (secondary N) is 2. The molecule has 0 atom stereocenters. The highest BCUT2D eigenvalue weighted by Crippen LogP contribution is 2.26. The van der Waals surface area contributed by atoms with Crippen molar-refractivity contribution in [1.82, 2.24) is 5.32 Å². The lowest BCUT2D eigenvalue weighted by Crippen LogP contribution is -2.23. The second-order valence-corrected chi connectivity index (χ2v) is 9.32. The molecule has 0 bridgehead atoms. The summed E-state index contributed by atoms with van der Waals surface area (Å²) < 4.78 is 38.8. The second kappa shape index (κ2) is 11.0. The molecule has 0 saturated heterocycles. The van der Waals surface area contributed by atoms with Crippen LogP contribution >= 0.6 is 0 Å². The van der Waals surface area contributed by atoms with Crippen molar-refractivity contribution in [2.45, 2.75) is 38.0 Å². The number of sulfonamides is 1. The zero-order valence-electron chi connectivity index (χ0n) is 18.9. The standard InChI is InChI=1S/C25H28N2O5S/c1-18(2)32-17-21-9-5-4-8-20(21)16-26-25(28)19-12-14-22(15-13-19)33(29,30)27-23-10-6-7-11-24(23)31-3/h4-15,18,27H,16-17H2,1-3H3,(H,26,28). The maximum absolute atomic E-state index is 12.7. The Labute approximate surface area is 194 Å². The molecule has 33 heavy (non-hydrogen) atoms. The summed E-state index contributed by atoms with van der Waals surface area (Å²) in [5, 5.41) is 2.88. The summed E-state index contributed by atoms with van der Waals surface area (Å²) in [6, 6.07) is 20.3. The third-order valence-electron chi connectivity index (χ3n) is 4.91. The molecule has 174 valence electrons. The third-order valence-corrected chi connectivity index (χ3v) is 6.29. The van der Waals surface area contributed by atoms with E-state index in [1.165, 1.54) is 31.4 Å². The first-order valence-corrected chi connectivity index (χ1v) is 12.0. The van der Waals surface area contributed by atoms with Gasteiger partial charge in [0.05, 0.1) is 30.4 Å². The smallest absolute Gasteiger partial charge is 0.262 e. The molecule has 0 aliphatic carbocycles. The van der Waals surface area contributed by atoms with E-state index in [0.717, 1.165) is 11.1 Å². The van der Waals surface area contributed by atoms with Crippen molar-refractivity contribution in [1.29, 1.82) is 0 Å². The largest absolute Gasteiger partial charge is 0.495 e. The number of amides is 1. The van der Waals surface area contributed by atoms with Crippen LogP contribution in [-0.4, -0.2) is 27.5 Å². The Morgan fingerprint density at radius 2 is 1.55 bits per heavy atom. The van der Waals surface area contributed by atoms with E-state index in [9.17, 15) is 13.2 Å². The minimum absolute atomic E-state index is 0.0427. The maximum atomic E-state index is 12.7. The molecule has 7 nitrogen and oxygen atoms in total. The van der Waals surface area contributed by atoms with E-state index in [0.29, 0.717) is 30.2 Å². The van der Waals surface area contributed by atoms with Crippen LogP contribution in [0.5, 0.6) is 5.75 Å². The molecule has 0 radical (unpaired) electrons. The highest BCUT2D eigenvalue weighted by atomic mass is 32.2. The minimum atomic E-state index is -3.84. The summed E-state index contributed by atoms with van der Waals surface area (Å²) in [5.41, 5.74) is 2.67. The molecule has 3 aromatic carbocycles. The summed E-state index contributed by atoms with van der Waals surface area (Å²) >= 11 is 0. The number of carbonyl (C=O) groups excluding carboxylic acids is 1. The first-order valence-electron chi connectivity index (χ1n) is 10.5. The highest BCUT2D eigenvalue weighted by molar-refractivity contribution is 7.92. The highest BCUT2D eigenvalue weighted by Gasteiger charge is 2.17. The number of hydrogen-bond acceptors (Lipinski definition) is 5. The van der Waals surface area contributed by atoms with E-state index in [1.807, 2.05) is 38.1 Å². The Morgan fingerprint density at radius 1 is 0.909 bits per heavy atom. The molecule has 0 aliphatic heterocycles. The molecule has 0 aromatic heterocycles. The van der Waals surface area contributed by atoms with E-state index >= 15 is 0 Å². The number of benzene rings is 3. The van der Waals surface area contributed by atoms with Crippen molar-refractivity contribution in [2.24, 2.45) is 0 Å². The van der Waals surface area contributed by atoms with Crippen molar-refractivity contribution in [2.75, 3.05) is 11.8 Å². The summed E-state index contributed by atoms with van der Waals surface area (Å²) in [4.78, 5) is 12.6. The SMILES string of the molecule is COc1ccccc1NS(=O)(=O)c1ccc(C(=O)NCc2ccccc2COC(C)C)cc1. The van der Waals surface area contributed by atoms with Gasteiger partial charge in [0, 0.05) is 12.1 Å². The molecule has 0 unspecified atom stereocenters. The van der Waals surface area contributed by atoms with Crippen LogP contribution < -0.4 is 14.8 Å². The normalized spacial score (nSPS) is 11.3. The second-order valence-electron chi connectivity index (χ2n) is 7.64. The van der Waals surface area contributed by atoms with Crippen molar-refractivity contribution in [3.05, 3.63) is 89.5 Å². The van der Waals surface area contributed by atoms with Gasteiger partial charge < -0.3 is 14.8 Å². The topological polar surface area (TPSA) is 93.7 Å². The van der Waals surface area contributed by atoms with Crippen molar-refractivity contribution in [3.63, 3.8) is 0 Å². The molecule has 0 spiro atoms. The number of methoxy groups -OCH3 is 1. The lowest BCUT2D eigenvalue weighted by Gasteiger charge is -2.13. The van der Waals surface area contributed by atoms with E-state index < -0.39 is 10.0 Å². The molecule has 0 heterocycles. The van der Waals surface area contributed by atoms with Crippen LogP contribution in [0.2, 0.25) is 0 Å². The summed E-state index contributed by atoms with van der Waals surface area (Å²) in [6.07, 6.45) is 0.111. The average Bonchev–Trinajstić information content (AvgIpc) is 2.82. The molecule has 0 aliphatic rings. The lowest BCUT2D eigenvalue weighted by atomic mass is 10.1. The van der Waals surface area contributed by atoms with Gasteiger partial charge in [0.1, 0.15) is 5.75 Å². The summed E-state index contributed by atoms with van der Waals surface area (Å²) in [7, 11) is -2.37. The Kier molecular flexibility index (Phi) is 8.08. The van der Waals surface area contributed by atoms with Gasteiger partial charge in [-0.05, 0) is 61.4 Å². The first kappa shape index (κ1) is 24.3. The number of carbonyl (C=O) groups is 1. The molecule has 2 N–H and O–H groups in total. The fourth-order valence-electron chi connectivity index (χ4n) is 3.12. The van der Waals surface area contributed by atoms with Crippen LogP contribution in [0.15, 0.2) is 77.7 Å². The number of ether oxygens (including phenoxy) is 2. The van der Waals surface area contributed by atoms with Crippen LogP contribution in [0.25, 0.3) is 0 Å². The van der Waals surface area contributed by atoms with Crippen molar-refractivity contribution < 1.29 is 22.7 Å². The van der Waals surface area contributed by atoms with Gasteiger partial charge in [-0.1, -0.05) is 36.4 Å². The zero-order valence-corrected chi connectivity index (χ0v) is 19.7. The summed E-state index contributed by atoms with van der Waals surface area (Å²) in [6.45, 7) is 4.75. The number of hydrogen-bond donors (Lipinski definition) is 2.